The lowest BCUT2D eigenvalue weighted by Gasteiger charge is -2.14. The zero-order valence-corrected chi connectivity index (χ0v) is 19.1. The lowest BCUT2D eigenvalue weighted by atomic mass is 10.2. The minimum atomic E-state index is 0.148. The standard InChI is InChI=1S/C24H33N5O3/c1-19(2)32-22-9-7-21(8-10-22)28-24(26-13-11-20-16-27-29(3)17-20)25-12-5-14-30-18-23-6-4-15-31-23/h4,6-10,15-17,19H,5,11-14,18H2,1-3H3,(H2,25,26,28). The quantitative estimate of drug-likeness (QED) is 0.252. The number of anilines is 1. The van der Waals surface area contributed by atoms with Crippen LogP contribution in [0.2, 0.25) is 0 Å². The van der Waals surface area contributed by atoms with Crippen LogP contribution in [0, 0.1) is 0 Å². The Morgan fingerprint density at radius 1 is 1.22 bits per heavy atom. The smallest absolute Gasteiger partial charge is 0.195 e. The maximum atomic E-state index is 5.72. The molecule has 0 spiro atoms. The molecular weight excluding hydrogens is 406 g/mol. The predicted octanol–water partition coefficient (Wildman–Crippen LogP) is 4.01. The number of ether oxygens (including phenoxy) is 2. The Labute approximate surface area is 189 Å². The van der Waals surface area contributed by atoms with Crippen molar-refractivity contribution in [1.29, 1.82) is 0 Å². The molecule has 0 aliphatic carbocycles. The first-order valence-corrected chi connectivity index (χ1v) is 11.0. The first-order chi connectivity index (χ1) is 15.6. The third-order valence-corrected chi connectivity index (χ3v) is 4.49. The normalized spacial score (nSPS) is 11.7. The topological polar surface area (TPSA) is 85.8 Å². The lowest BCUT2D eigenvalue weighted by Crippen LogP contribution is -2.32. The van der Waals surface area contributed by atoms with Gasteiger partial charge < -0.3 is 24.5 Å². The average Bonchev–Trinajstić information content (AvgIpc) is 3.43. The number of furan rings is 1. The molecule has 0 amide bonds. The summed E-state index contributed by atoms with van der Waals surface area (Å²) in [6.07, 6.45) is 7.39. The van der Waals surface area contributed by atoms with E-state index in [2.05, 4.69) is 15.7 Å². The van der Waals surface area contributed by atoms with E-state index in [-0.39, 0.29) is 6.10 Å². The van der Waals surface area contributed by atoms with Crippen LogP contribution in [0.4, 0.5) is 5.69 Å². The number of aryl methyl sites for hydroxylation is 1. The number of nitrogens with zero attached hydrogens (tertiary/aromatic N) is 3. The zero-order valence-electron chi connectivity index (χ0n) is 19.1. The van der Waals surface area contributed by atoms with Crippen molar-refractivity contribution in [2.24, 2.45) is 12.0 Å². The summed E-state index contributed by atoms with van der Waals surface area (Å²) in [7, 11) is 1.92. The van der Waals surface area contributed by atoms with Gasteiger partial charge >= 0.3 is 0 Å². The maximum absolute atomic E-state index is 5.72. The minimum absolute atomic E-state index is 0.148. The van der Waals surface area contributed by atoms with Crippen LogP contribution in [0.5, 0.6) is 5.75 Å². The summed E-state index contributed by atoms with van der Waals surface area (Å²) in [5, 5.41) is 11.0. The van der Waals surface area contributed by atoms with Gasteiger partial charge in [0, 0.05) is 38.6 Å². The van der Waals surface area contributed by atoms with Gasteiger partial charge in [-0.25, -0.2) is 0 Å². The SMILES string of the molecule is CC(C)Oc1ccc(NC(=NCCCOCc2ccco2)NCCc2cnn(C)c2)cc1. The van der Waals surface area contributed by atoms with Gasteiger partial charge in [0.15, 0.2) is 5.96 Å². The highest BCUT2D eigenvalue weighted by Gasteiger charge is 2.04. The maximum Gasteiger partial charge on any atom is 0.195 e. The molecule has 0 saturated carbocycles. The Bertz CT molecular complexity index is 933. The van der Waals surface area contributed by atoms with Gasteiger partial charge in [0.05, 0.1) is 18.6 Å². The van der Waals surface area contributed by atoms with Crippen molar-refractivity contribution in [2.75, 3.05) is 25.0 Å². The van der Waals surface area contributed by atoms with Crippen LogP contribution < -0.4 is 15.4 Å². The Balaban J connectivity index is 1.49. The summed E-state index contributed by atoms with van der Waals surface area (Å²) < 4.78 is 18.4. The number of nitrogens with one attached hydrogen (secondary N) is 2. The molecule has 0 aliphatic heterocycles. The molecule has 0 unspecified atom stereocenters. The Kier molecular flexibility index (Phi) is 9.19. The van der Waals surface area contributed by atoms with Gasteiger partial charge in [-0.05, 0) is 68.7 Å². The lowest BCUT2D eigenvalue weighted by molar-refractivity contribution is 0.105. The van der Waals surface area contributed by atoms with Crippen molar-refractivity contribution in [1.82, 2.24) is 15.1 Å². The highest BCUT2D eigenvalue weighted by atomic mass is 16.5. The zero-order chi connectivity index (χ0) is 22.6. The van der Waals surface area contributed by atoms with Crippen molar-refractivity contribution in [2.45, 2.75) is 39.4 Å². The molecule has 0 fully saturated rings. The molecule has 3 aromatic rings. The molecule has 8 nitrogen and oxygen atoms in total. The molecule has 172 valence electrons. The van der Waals surface area contributed by atoms with Gasteiger partial charge in [-0.15, -0.1) is 0 Å². The van der Waals surface area contributed by atoms with Crippen LogP contribution in [0.25, 0.3) is 0 Å². The summed E-state index contributed by atoms with van der Waals surface area (Å²) in [6.45, 7) is 6.53. The molecule has 0 bridgehead atoms. The van der Waals surface area contributed by atoms with E-state index >= 15 is 0 Å². The molecule has 0 radical (unpaired) electrons. The number of rotatable bonds is 12. The fraction of sp³-hybridized carbons (Fsp3) is 0.417. The minimum Gasteiger partial charge on any atom is -0.491 e. The van der Waals surface area contributed by atoms with E-state index in [1.165, 1.54) is 5.56 Å². The summed E-state index contributed by atoms with van der Waals surface area (Å²) in [4.78, 5) is 4.70. The first kappa shape index (κ1) is 23.4. The number of aliphatic imine (C=N–C) groups is 1. The second-order valence-corrected chi connectivity index (χ2v) is 7.73. The Hall–Kier alpha value is -3.26. The average molecular weight is 440 g/mol. The van der Waals surface area contributed by atoms with Crippen LogP contribution in [-0.2, 0) is 24.8 Å². The van der Waals surface area contributed by atoms with E-state index in [9.17, 15) is 0 Å². The van der Waals surface area contributed by atoms with Crippen LogP contribution in [0.3, 0.4) is 0 Å². The molecule has 0 atom stereocenters. The van der Waals surface area contributed by atoms with Gasteiger partial charge in [0.1, 0.15) is 18.1 Å². The first-order valence-electron chi connectivity index (χ1n) is 11.0. The number of guanidine groups is 1. The summed E-state index contributed by atoms with van der Waals surface area (Å²) in [6, 6.07) is 11.7. The molecule has 0 saturated heterocycles. The van der Waals surface area contributed by atoms with Crippen molar-refractivity contribution in [3.8, 4) is 5.75 Å². The van der Waals surface area contributed by atoms with E-state index in [0.717, 1.165) is 42.5 Å². The summed E-state index contributed by atoms with van der Waals surface area (Å²) in [5.41, 5.74) is 2.13. The van der Waals surface area contributed by atoms with E-state index in [1.54, 1.807) is 6.26 Å². The molecule has 32 heavy (non-hydrogen) atoms. The monoisotopic (exact) mass is 439 g/mol. The third kappa shape index (κ3) is 8.47. The molecule has 2 heterocycles. The molecule has 3 rings (SSSR count). The highest BCUT2D eigenvalue weighted by Crippen LogP contribution is 2.16. The fourth-order valence-electron chi connectivity index (χ4n) is 3.02. The summed E-state index contributed by atoms with van der Waals surface area (Å²) >= 11 is 0. The van der Waals surface area contributed by atoms with Gasteiger partial charge in [0.2, 0.25) is 0 Å². The molecule has 0 aliphatic rings. The van der Waals surface area contributed by atoms with E-state index in [4.69, 9.17) is 18.9 Å². The number of aromatic nitrogens is 2. The van der Waals surface area contributed by atoms with Gasteiger partial charge in [0.25, 0.3) is 0 Å². The van der Waals surface area contributed by atoms with E-state index < -0.39 is 0 Å². The highest BCUT2D eigenvalue weighted by molar-refractivity contribution is 5.93. The van der Waals surface area contributed by atoms with Crippen LogP contribution >= 0.6 is 0 Å². The van der Waals surface area contributed by atoms with Crippen LogP contribution in [0.1, 0.15) is 31.6 Å². The second kappa shape index (κ2) is 12.6. The van der Waals surface area contributed by atoms with Crippen molar-refractivity contribution >= 4 is 11.6 Å². The van der Waals surface area contributed by atoms with E-state index in [0.29, 0.717) is 19.8 Å². The van der Waals surface area contributed by atoms with Crippen molar-refractivity contribution < 1.29 is 13.9 Å². The second-order valence-electron chi connectivity index (χ2n) is 7.73. The molecular formula is C24H33N5O3. The predicted molar refractivity (Wildman–Crippen MR) is 126 cm³/mol. The molecule has 1 aromatic carbocycles. The number of benzene rings is 1. The van der Waals surface area contributed by atoms with Gasteiger partial charge in [-0.1, -0.05) is 0 Å². The Morgan fingerprint density at radius 3 is 2.75 bits per heavy atom. The van der Waals surface area contributed by atoms with Crippen LogP contribution in [-0.4, -0.2) is 41.5 Å². The van der Waals surface area contributed by atoms with E-state index in [1.807, 2.05) is 74.4 Å². The summed E-state index contributed by atoms with van der Waals surface area (Å²) in [5.74, 6) is 2.41. The fourth-order valence-corrected chi connectivity index (χ4v) is 3.02. The number of hydrogen-bond donors (Lipinski definition) is 2. The largest absolute Gasteiger partial charge is 0.491 e. The Morgan fingerprint density at radius 2 is 2.06 bits per heavy atom. The van der Waals surface area contributed by atoms with Gasteiger partial charge in [-0.3, -0.25) is 9.67 Å². The molecule has 2 aromatic heterocycles. The van der Waals surface area contributed by atoms with Crippen molar-refractivity contribution in [3.05, 3.63) is 66.4 Å². The molecule has 2 N–H and O–H groups in total. The van der Waals surface area contributed by atoms with Crippen LogP contribution in [0.15, 0.2) is 64.5 Å². The number of hydrogen-bond acceptors (Lipinski definition) is 5. The molecule has 8 heteroatoms. The van der Waals surface area contributed by atoms with Gasteiger partial charge in [-0.2, -0.15) is 5.10 Å². The van der Waals surface area contributed by atoms with Crippen molar-refractivity contribution in [3.63, 3.8) is 0 Å². The third-order valence-electron chi connectivity index (χ3n) is 4.49.